The van der Waals surface area contributed by atoms with Crippen LogP contribution in [-0.2, 0) is 0 Å². The Balaban J connectivity index is 1.48. The Labute approximate surface area is 242 Å². The van der Waals surface area contributed by atoms with Gasteiger partial charge in [0.05, 0.1) is 13.6 Å². The average molecular weight is 538 g/mol. The van der Waals surface area contributed by atoms with Crippen LogP contribution in [0.4, 0.5) is 0 Å². The normalized spacial score (nSPS) is 12.8. The van der Waals surface area contributed by atoms with Gasteiger partial charge in [0, 0.05) is 16.7 Å². The minimum Gasteiger partial charge on any atom is -0.208 e. The standard InChI is InChI=1S/C36H31N3Si/c1-40(2,3)33-23-21-27(22-24-33)32-16-10-15-31(25-32)26-17-19-30(20-18-26)36-38-34(28-11-6-4-7-12-28)37-35(39-36)29-13-8-5-9-14-29/h4-25H,1-3H3/i17D,18D,19D,20D. The van der Waals surface area contributed by atoms with Crippen LogP contribution in [0.2, 0.25) is 19.6 Å². The van der Waals surface area contributed by atoms with E-state index in [2.05, 4.69) is 58.9 Å². The molecule has 0 fully saturated rings. The topological polar surface area (TPSA) is 38.7 Å². The highest BCUT2D eigenvalue weighted by atomic mass is 28.3. The maximum absolute atomic E-state index is 9.02. The zero-order valence-corrected chi connectivity index (χ0v) is 23.7. The van der Waals surface area contributed by atoms with E-state index in [0.717, 1.165) is 22.3 Å². The predicted octanol–water partition coefficient (Wildman–Crippen LogP) is 8.75. The SMILES string of the molecule is [2H]c1c([2H])c(-c2nc(-c3ccccc3)nc(-c3ccccc3)n2)c([2H])c([2H])c1-c1cccc(-c2ccc([Si](C)(C)C)cc2)c1. The highest BCUT2D eigenvalue weighted by molar-refractivity contribution is 6.88. The zero-order valence-electron chi connectivity index (χ0n) is 26.7. The lowest BCUT2D eigenvalue weighted by molar-refractivity contribution is 1.07. The lowest BCUT2D eigenvalue weighted by Gasteiger charge is -2.17. The quantitative estimate of drug-likeness (QED) is 0.199. The van der Waals surface area contributed by atoms with Gasteiger partial charge in [0.1, 0.15) is 0 Å². The zero-order chi connectivity index (χ0) is 31.0. The van der Waals surface area contributed by atoms with E-state index >= 15 is 0 Å². The molecule has 1 heterocycles. The van der Waals surface area contributed by atoms with E-state index in [1.807, 2.05) is 84.9 Å². The van der Waals surface area contributed by atoms with E-state index in [4.69, 9.17) is 5.48 Å². The summed E-state index contributed by atoms with van der Waals surface area (Å²) in [5, 5.41) is 1.37. The molecule has 0 unspecified atom stereocenters. The van der Waals surface area contributed by atoms with Crippen LogP contribution >= 0.6 is 0 Å². The molecular formula is C36H31N3Si. The second-order valence-electron chi connectivity index (χ2n) is 10.7. The summed E-state index contributed by atoms with van der Waals surface area (Å²) in [7, 11) is -1.43. The fourth-order valence-corrected chi connectivity index (χ4v) is 5.67. The number of benzene rings is 5. The first-order valence-electron chi connectivity index (χ1n) is 15.3. The largest absolute Gasteiger partial charge is 0.208 e. The minimum atomic E-state index is -1.43. The summed E-state index contributed by atoms with van der Waals surface area (Å²) in [6, 6.07) is 34.5. The molecule has 0 aliphatic heterocycles. The third kappa shape index (κ3) is 5.53. The number of hydrogen-bond acceptors (Lipinski definition) is 3. The van der Waals surface area contributed by atoms with Crippen LogP contribution < -0.4 is 5.19 Å². The molecule has 1 aromatic heterocycles. The maximum atomic E-state index is 9.02. The molecule has 5 aromatic carbocycles. The van der Waals surface area contributed by atoms with Crippen LogP contribution in [0.5, 0.6) is 0 Å². The third-order valence-electron chi connectivity index (χ3n) is 6.78. The Hall–Kier alpha value is -4.67. The van der Waals surface area contributed by atoms with Crippen molar-refractivity contribution in [2.24, 2.45) is 0 Å². The number of hydrogen-bond donors (Lipinski definition) is 0. The molecule has 0 amide bonds. The van der Waals surface area contributed by atoms with Crippen molar-refractivity contribution >= 4 is 13.3 Å². The van der Waals surface area contributed by atoms with Crippen LogP contribution in [0.1, 0.15) is 5.48 Å². The Kier molecular flexibility index (Phi) is 5.74. The Morgan fingerprint density at radius 1 is 0.425 bits per heavy atom. The Morgan fingerprint density at radius 3 is 1.35 bits per heavy atom. The lowest BCUT2D eigenvalue weighted by Crippen LogP contribution is -2.37. The molecule has 0 radical (unpaired) electrons. The van der Waals surface area contributed by atoms with Crippen LogP contribution in [0.3, 0.4) is 0 Å². The molecular weight excluding hydrogens is 503 g/mol. The molecule has 0 aliphatic carbocycles. The van der Waals surface area contributed by atoms with Crippen LogP contribution in [0.25, 0.3) is 56.4 Å². The second kappa shape index (κ2) is 10.8. The summed E-state index contributed by atoms with van der Waals surface area (Å²) in [6.07, 6.45) is 0. The maximum Gasteiger partial charge on any atom is 0.164 e. The van der Waals surface area contributed by atoms with Gasteiger partial charge >= 0.3 is 0 Å². The molecule has 0 N–H and O–H groups in total. The van der Waals surface area contributed by atoms with Crippen molar-refractivity contribution in [1.29, 1.82) is 0 Å². The monoisotopic (exact) mass is 537 g/mol. The fraction of sp³-hybridized carbons (Fsp3) is 0.0833. The van der Waals surface area contributed by atoms with Gasteiger partial charge in [-0.1, -0.05) is 152 Å². The van der Waals surface area contributed by atoms with Gasteiger partial charge < -0.3 is 0 Å². The smallest absolute Gasteiger partial charge is 0.164 e. The van der Waals surface area contributed by atoms with Gasteiger partial charge in [0.25, 0.3) is 0 Å². The van der Waals surface area contributed by atoms with E-state index in [0.29, 0.717) is 17.2 Å². The Morgan fingerprint density at radius 2 is 0.850 bits per heavy atom. The van der Waals surface area contributed by atoms with Crippen LogP contribution in [0.15, 0.2) is 133 Å². The molecule has 0 saturated heterocycles. The summed E-state index contributed by atoms with van der Waals surface area (Å²) in [5.74, 6) is 0.879. The van der Waals surface area contributed by atoms with Crippen molar-refractivity contribution in [3.63, 3.8) is 0 Å². The van der Waals surface area contributed by atoms with Gasteiger partial charge in [-0.25, -0.2) is 15.0 Å². The van der Waals surface area contributed by atoms with Gasteiger partial charge in [-0.3, -0.25) is 0 Å². The van der Waals surface area contributed by atoms with E-state index in [1.54, 1.807) is 0 Å². The highest BCUT2D eigenvalue weighted by Crippen LogP contribution is 2.29. The van der Waals surface area contributed by atoms with Crippen molar-refractivity contribution < 1.29 is 5.48 Å². The van der Waals surface area contributed by atoms with Crippen LogP contribution in [-0.4, -0.2) is 23.0 Å². The first kappa shape index (κ1) is 21.2. The molecule has 0 spiro atoms. The minimum absolute atomic E-state index is 0.0404. The summed E-state index contributed by atoms with van der Waals surface area (Å²) >= 11 is 0. The van der Waals surface area contributed by atoms with E-state index in [9.17, 15) is 0 Å². The Bertz CT molecular complexity index is 1890. The molecule has 6 rings (SSSR count). The third-order valence-corrected chi connectivity index (χ3v) is 8.85. The van der Waals surface area contributed by atoms with Crippen molar-refractivity contribution in [1.82, 2.24) is 15.0 Å². The fourth-order valence-electron chi connectivity index (χ4n) is 4.51. The molecule has 6 aromatic rings. The number of aromatic nitrogens is 3. The van der Waals surface area contributed by atoms with Crippen molar-refractivity contribution in [2.45, 2.75) is 19.6 Å². The van der Waals surface area contributed by atoms with Gasteiger partial charge in [0.15, 0.2) is 17.5 Å². The van der Waals surface area contributed by atoms with Gasteiger partial charge in [-0.15, -0.1) is 0 Å². The average Bonchev–Trinajstić information content (AvgIpc) is 3.04. The van der Waals surface area contributed by atoms with Crippen LogP contribution in [0, 0.1) is 0 Å². The summed E-state index contributed by atoms with van der Waals surface area (Å²) < 4.78 is 36.1. The van der Waals surface area contributed by atoms with E-state index in [1.165, 1.54) is 5.19 Å². The van der Waals surface area contributed by atoms with Gasteiger partial charge in [-0.05, 0) is 28.3 Å². The predicted molar refractivity (Wildman–Crippen MR) is 170 cm³/mol. The molecule has 0 aliphatic rings. The number of rotatable bonds is 6. The van der Waals surface area contributed by atoms with Gasteiger partial charge in [0.2, 0.25) is 0 Å². The van der Waals surface area contributed by atoms with Gasteiger partial charge in [-0.2, -0.15) is 0 Å². The lowest BCUT2D eigenvalue weighted by atomic mass is 9.98. The van der Waals surface area contributed by atoms with Crippen molar-refractivity contribution in [3.8, 4) is 56.4 Å². The molecule has 3 nitrogen and oxygen atoms in total. The second-order valence-corrected chi connectivity index (χ2v) is 15.8. The highest BCUT2D eigenvalue weighted by Gasteiger charge is 2.16. The molecule has 194 valence electrons. The van der Waals surface area contributed by atoms with Crippen molar-refractivity contribution in [3.05, 3.63) is 133 Å². The van der Waals surface area contributed by atoms with E-state index in [-0.39, 0.29) is 41.1 Å². The molecule has 0 bridgehead atoms. The van der Waals surface area contributed by atoms with Crippen molar-refractivity contribution in [2.75, 3.05) is 0 Å². The number of nitrogens with zero attached hydrogens (tertiary/aromatic N) is 3. The molecule has 0 saturated carbocycles. The summed E-state index contributed by atoms with van der Waals surface area (Å²) in [4.78, 5) is 14.0. The summed E-state index contributed by atoms with van der Waals surface area (Å²) in [6.45, 7) is 6.95. The first-order chi connectivity index (χ1) is 21.1. The first-order valence-corrected chi connectivity index (χ1v) is 16.8. The molecule has 40 heavy (non-hydrogen) atoms. The van der Waals surface area contributed by atoms with E-state index < -0.39 is 8.07 Å². The molecule has 0 atom stereocenters. The summed E-state index contributed by atoms with van der Waals surface area (Å²) in [5.41, 5.74) is 4.40. The molecule has 4 heteroatoms.